The van der Waals surface area contributed by atoms with Gasteiger partial charge < -0.3 is 9.88 Å². The molecule has 0 atom stereocenters. The molecule has 0 radical (unpaired) electrons. The van der Waals surface area contributed by atoms with Crippen molar-refractivity contribution in [1.29, 1.82) is 0 Å². The van der Waals surface area contributed by atoms with Crippen LogP contribution in [0.5, 0.6) is 0 Å². The SMILES string of the molecule is CN(Cc1ncc[nH]1)C(=O)CC1CCSCC1. The predicted molar refractivity (Wildman–Crippen MR) is 69.7 cm³/mol. The van der Waals surface area contributed by atoms with Gasteiger partial charge >= 0.3 is 0 Å². The van der Waals surface area contributed by atoms with Crippen molar-refractivity contribution in [3.8, 4) is 0 Å². The number of nitrogens with one attached hydrogen (secondary N) is 1. The van der Waals surface area contributed by atoms with E-state index in [2.05, 4.69) is 9.97 Å². The first kappa shape index (κ1) is 12.5. The third-order valence-corrected chi connectivity index (χ3v) is 4.22. The minimum Gasteiger partial charge on any atom is -0.347 e. The van der Waals surface area contributed by atoms with Crippen molar-refractivity contribution in [2.45, 2.75) is 25.8 Å². The summed E-state index contributed by atoms with van der Waals surface area (Å²) in [4.78, 5) is 20.9. The van der Waals surface area contributed by atoms with Gasteiger partial charge in [0.25, 0.3) is 0 Å². The Kier molecular flexibility index (Phi) is 4.48. The lowest BCUT2D eigenvalue weighted by Crippen LogP contribution is -2.29. The van der Waals surface area contributed by atoms with Gasteiger partial charge in [-0.05, 0) is 30.3 Å². The quantitative estimate of drug-likeness (QED) is 0.891. The molecule has 0 aliphatic carbocycles. The number of amides is 1. The van der Waals surface area contributed by atoms with Crippen molar-refractivity contribution >= 4 is 17.7 Å². The zero-order valence-electron chi connectivity index (χ0n) is 10.2. The maximum Gasteiger partial charge on any atom is 0.222 e. The van der Waals surface area contributed by atoms with Gasteiger partial charge in [0.2, 0.25) is 5.91 Å². The molecular weight excluding hydrogens is 234 g/mol. The zero-order chi connectivity index (χ0) is 12.1. The summed E-state index contributed by atoms with van der Waals surface area (Å²) in [5, 5.41) is 0. The molecule has 1 aromatic rings. The third kappa shape index (κ3) is 3.77. The first-order chi connectivity index (χ1) is 8.25. The summed E-state index contributed by atoms with van der Waals surface area (Å²) < 4.78 is 0. The zero-order valence-corrected chi connectivity index (χ0v) is 11.0. The average Bonchev–Trinajstić information content (AvgIpc) is 2.83. The molecule has 1 aliphatic heterocycles. The predicted octanol–water partition coefficient (Wildman–Crippen LogP) is 1.90. The number of carbonyl (C=O) groups is 1. The van der Waals surface area contributed by atoms with Gasteiger partial charge in [-0.25, -0.2) is 4.98 Å². The highest BCUT2D eigenvalue weighted by atomic mass is 32.2. The highest BCUT2D eigenvalue weighted by molar-refractivity contribution is 7.99. The van der Waals surface area contributed by atoms with Gasteiger partial charge in [0.1, 0.15) is 5.82 Å². The maximum absolute atomic E-state index is 12.0. The van der Waals surface area contributed by atoms with Crippen LogP contribution in [0.4, 0.5) is 0 Å². The Hall–Kier alpha value is -0.970. The van der Waals surface area contributed by atoms with E-state index in [0.29, 0.717) is 18.9 Å². The lowest BCUT2D eigenvalue weighted by molar-refractivity contribution is -0.131. The number of imidazole rings is 1. The molecule has 1 amide bonds. The second-order valence-corrected chi connectivity index (χ2v) is 5.77. The Morgan fingerprint density at radius 3 is 3.00 bits per heavy atom. The number of aromatic amines is 1. The molecule has 0 bridgehead atoms. The molecule has 0 saturated carbocycles. The van der Waals surface area contributed by atoms with E-state index < -0.39 is 0 Å². The first-order valence-electron chi connectivity index (χ1n) is 6.05. The molecule has 4 nitrogen and oxygen atoms in total. The van der Waals surface area contributed by atoms with Crippen molar-refractivity contribution in [2.24, 2.45) is 5.92 Å². The molecule has 2 heterocycles. The van der Waals surface area contributed by atoms with Crippen molar-refractivity contribution in [2.75, 3.05) is 18.6 Å². The Balaban J connectivity index is 1.78. The van der Waals surface area contributed by atoms with Crippen LogP contribution in [0.2, 0.25) is 0 Å². The molecule has 5 heteroatoms. The van der Waals surface area contributed by atoms with Crippen LogP contribution in [0.25, 0.3) is 0 Å². The van der Waals surface area contributed by atoms with Crippen molar-refractivity contribution in [1.82, 2.24) is 14.9 Å². The van der Waals surface area contributed by atoms with Crippen LogP contribution in [0.3, 0.4) is 0 Å². The molecule has 1 fully saturated rings. The van der Waals surface area contributed by atoms with E-state index in [9.17, 15) is 4.79 Å². The van der Waals surface area contributed by atoms with Gasteiger partial charge in [-0.2, -0.15) is 11.8 Å². The summed E-state index contributed by atoms with van der Waals surface area (Å²) >= 11 is 2.00. The molecule has 0 aromatic carbocycles. The maximum atomic E-state index is 12.0. The largest absolute Gasteiger partial charge is 0.347 e. The van der Waals surface area contributed by atoms with Gasteiger partial charge in [0.05, 0.1) is 6.54 Å². The summed E-state index contributed by atoms with van der Waals surface area (Å²) in [6, 6.07) is 0. The minimum atomic E-state index is 0.235. The van der Waals surface area contributed by atoms with Gasteiger partial charge in [-0.3, -0.25) is 4.79 Å². The summed E-state index contributed by atoms with van der Waals surface area (Å²) in [7, 11) is 1.85. The number of hydrogen-bond acceptors (Lipinski definition) is 3. The molecule has 1 N–H and O–H groups in total. The standard InChI is InChI=1S/C12H19N3OS/c1-15(9-11-13-4-5-14-11)12(16)8-10-2-6-17-7-3-10/h4-5,10H,2-3,6-9H2,1H3,(H,13,14). The molecule has 1 aliphatic rings. The van der Waals surface area contributed by atoms with Crippen molar-refractivity contribution < 1.29 is 4.79 Å². The van der Waals surface area contributed by atoms with E-state index in [0.717, 1.165) is 5.82 Å². The van der Waals surface area contributed by atoms with Crippen LogP contribution in [0, 0.1) is 5.92 Å². The van der Waals surface area contributed by atoms with Crippen LogP contribution in [0.15, 0.2) is 12.4 Å². The van der Waals surface area contributed by atoms with Crippen LogP contribution < -0.4 is 0 Å². The van der Waals surface area contributed by atoms with Crippen LogP contribution in [0.1, 0.15) is 25.1 Å². The number of carbonyl (C=O) groups excluding carboxylic acids is 1. The van der Waals surface area contributed by atoms with Crippen LogP contribution in [-0.2, 0) is 11.3 Å². The molecule has 17 heavy (non-hydrogen) atoms. The highest BCUT2D eigenvalue weighted by Crippen LogP contribution is 2.25. The normalized spacial score (nSPS) is 17.0. The molecule has 0 spiro atoms. The Labute approximate surface area is 106 Å². The number of rotatable bonds is 4. The topological polar surface area (TPSA) is 49.0 Å². The van der Waals surface area contributed by atoms with E-state index in [1.807, 2.05) is 18.8 Å². The Bertz CT molecular complexity index is 347. The van der Waals surface area contributed by atoms with E-state index in [4.69, 9.17) is 0 Å². The van der Waals surface area contributed by atoms with Crippen LogP contribution >= 0.6 is 11.8 Å². The Morgan fingerprint density at radius 1 is 1.59 bits per heavy atom. The lowest BCUT2D eigenvalue weighted by atomic mass is 9.98. The second kappa shape index (κ2) is 6.10. The molecule has 2 rings (SSSR count). The van der Waals surface area contributed by atoms with E-state index in [-0.39, 0.29) is 5.91 Å². The number of nitrogens with zero attached hydrogens (tertiary/aromatic N) is 2. The average molecular weight is 253 g/mol. The van der Waals surface area contributed by atoms with E-state index in [1.54, 1.807) is 17.3 Å². The summed E-state index contributed by atoms with van der Waals surface area (Å²) in [6.45, 7) is 0.577. The minimum absolute atomic E-state index is 0.235. The number of hydrogen-bond donors (Lipinski definition) is 1. The number of H-pyrrole nitrogens is 1. The second-order valence-electron chi connectivity index (χ2n) is 4.55. The molecule has 0 unspecified atom stereocenters. The summed E-state index contributed by atoms with van der Waals surface area (Å²) in [5.74, 6) is 4.08. The van der Waals surface area contributed by atoms with Gasteiger partial charge in [0.15, 0.2) is 0 Å². The van der Waals surface area contributed by atoms with Gasteiger partial charge in [-0.15, -0.1) is 0 Å². The smallest absolute Gasteiger partial charge is 0.222 e. The molecule has 1 saturated heterocycles. The fourth-order valence-corrected chi connectivity index (χ4v) is 3.25. The van der Waals surface area contributed by atoms with E-state index >= 15 is 0 Å². The highest BCUT2D eigenvalue weighted by Gasteiger charge is 2.19. The summed E-state index contributed by atoms with van der Waals surface area (Å²) in [5.41, 5.74) is 0. The van der Waals surface area contributed by atoms with Crippen molar-refractivity contribution in [3.63, 3.8) is 0 Å². The van der Waals surface area contributed by atoms with E-state index in [1.165, 1.54) is 24.3 Å². The van der Waals surface area contributed by atoms with Gasteiger partial charge in [0, 0.05) is 25.9 Å². The lowest BCUT2D eigenvalue weighted by Gasteiger charge is -2.23. The van der Waals surface area contributed by atoms with Crippen molar-refractivity contribution in [3.05, 3.63) is 18.2 Å². The van der Waals surface area contributed by atoms with Crippen LogP contribution in [-0.4, -0.2) is 39.3 Å². The number of thioether (sulfide) groups is 1. The third-order valence-electron chi connectivity index (χ3n) is 3.17. The molecule has 94 valence electrons. The Morgan fingerprint density at radius 2 is 2.35 bits per heavy atom. The van der Waals surface area contributed by atoms with Gasteiger partial charge in [-0.1, -0.05) is 0 Å². The molecule has 1 aromatic heterocycles. The first-order valence-corrected chi connectivity index (χ1v) is 7.21. The monoisotopic (exact) mass is 253 g/mol. The fourth-order valence-electron chi connectivity index (χ4n) is 2.05. The summed E-state index contributed by atoms with van der Waals surface area (Å²) in [6.07, 6.45) is 6.56. The molecular formula is C12H19N3OS. The fraction of sp³-hybridized carbons (Fsp3) is 0.667. The number of aromatic nitrogens is 2.